The summed E-state index contributed by atoms with van der Waals surface area (Å²) in [5, 5.41) is 10.9. The first kappa shape index (κ1) is 30.9. The number of hydrogen-bond acceptors (Lipinski definition) is 9. The highest BCUT2D eigenvalue weighted by molar-refractivity contribution is 9.10. The largest absolute Gasteiger partial charge is 0.490 e. The zero-order chi connectivity index (χ0) is 31.4. The summed E-state index contributed by atoms with van der Waals surface area (Å²) in [6, 6.07) is 18.3. The van der Waals surface area contributed by atoms with Crippen LogP contribution in [0.2, 0.25) is 0 Å². The molecule has 0 aliphatic carbocycles. The first-order chi connectivity index (χ1) is 21.2. The number of nitrogens with zero attached hydrogens (tertiary/aromatic N) is 3. The highest BCUT2D eigenvalue weighted by Gasteiger charge is 2.33. The summed E-state index contributed by atoms with van der Waals surface area (Å²) in [6.07, 6.45) is 1.76. The van der Waals surface area contributed by atoms with Gasteiger partial charge in [0, 0.05) is 16.6 Å². The van der Waals surface area contributed by atoms with Crippen molar-refractivity contribution < 1.29 is 23.9 Å². The van der Waals surface area contributed by atoms with Crippen LogP contribution >= 0.6 is 27.3 Å². The second kappa shape index (κ2) is 13.4. The average Bonchev–Trinajstić information content (AvgIpc) is 3.30. The predicted octanol–water partition coefficient (Wildman–Crippen LogP) is 5.45. The molecular formula is C32H28BrN3O7S. The Bertz CT molecular complexity index is 1930. The number of nitro groups is 1. The second-order valence-electron chi connectivity index (χ2n) is 9.71. The van der Waals surface area contributed by atoms with Crippen molar-refractivity contribution >= 4 is 45.0 Å². The van der Waals surface area contributed by atoms with Crippen molar-refractivity contribution in [2.24, 2.45) is 4.99 Å². The van der Waals surface area contributed by atoms with Gasteiger partial charge < -0.3 is 14.2 Å². The second-order valence-corrected chi connectivity index (χ2v) is 11.6. The Labute approximate surface area is 264 Å². The topological polar surface area (TPSA) is 122 Å². The zero-order valence-electron chi connectivity index (χ0n) is 24.1. The van der Waals surface area contributed by atoms with Crippen LogP contribution in [0, 0.1) is 10.1 Å². The summed E-state index contributed by atoms with van der Waals surface area (Å²) >= 11 is 4.69. The molecule has 1 atom stereocenters. The Morgan fingerprint density at radius 2 is 1.77 bits per heavy atom. The number of carbonyl (C=O) groups excluding carboxylic acids is 1. The van der Waals surface area contributed by atoms with Gasteiger partial charge in [0.1, 0.15) is 6.61 Å². The van der Waals surface area contributed by atoms with Crippen LogP contribution in [0.1, 0.15) is 43.5 Å². The normalized spacial score (nSPS) is 14.5. The van der Waals surface area contributed by atoms with Crippen molar-refractivity contribution in [3.8, 4) is 11.5 Å². The van der Waals surface area contributed by atoms with Crippen LogP contribution in [0.5, 0.6) is 11.5 Å². The maximum Gasteiger partial charge on any atom is 0.338 e. The van der Waals surface area contributed by atoms with Crippen LogP contribution < -0.4 is 24.4 Å². The molecule has 1 aliphatic heterocycles. The molecule has 4 aromatic rings. The number of hydrogen-bond donors (Lipinski definition) is 0. The number of allylic oxidation sites excluding steroid dienone is 1. The van der Waals surface area contributed by atoms with Crippen LogP contribution in [0.25, 0.3) is 6.08 Å². The van der Waals surface area contributed by atoms with Crippen molar-refractivity contribution in [1.82, 2.24) is 4.57 Å². The summed E-state index contributed by atoms with van der Waals surface area (Å²) in [7, 11) is 0. The predicted molar refractivity (Wildman–Crippen MR) is 170 cm³/mol. The SMILES string of the molecule is CCOC(=O)C1=C(C)N=c2s/c(=C\c3ccc(OCc4ccc([N+](=O)[O-])cc4)c(OCC)c3)c(=O)n2[C@@H]1c1ccc(Br)cc1. The van der Waals surface area contributed by atoms with Gasteiger partial charge in [0.2, 0.25) is 0 Å². The molecule has 0 fully saturated rings. The fourth-order valence-electron chi connectivity index (χ4n) is 4.78. The van der Waals surface area contributed by atoms with Gasteiger partial charge in [0.05, 0.1) is 40.0 Å². The number of benzene rings is 3. The summed E-state index contributed by atoms with van der Waals surface area (Å²) in [4.78, 5) is 42.6. The van der Waals surface area contributed by atoms with Gasteiger partial charge >= 0.3 is 5.97 Å². The summed E-state index contributed by atoms with van der Waals surface area (Å²) in [5.41, 5.74) is 2.77. The Morgan fingerprint density at radius 1 is 1.05 bits per heavy atom. The molecule has 0 bridgehead atoms. The summed E-state index contributed by atoms with van der Waals surface area (Å²) < 4.78 is 20.0. The van der Waals surface area contributed by atoms with Crippen LogP contribution in [-0.2, 0) is 16.1 Å². The molecule has 0 amide bonds. The minimum absolute atomic E-state index is 0.00817. The fourth-order valence-corrected chi connectivity index (χ4v) is 6.09. The number of carbonyl (C=O) groups is 1. The fraction of sp³-hybridized carbons (Fsp3) is 0.219. The van der Waals surface area contributed by atoms with E-state index < -0.39 is 16.9 Å². The van der Waals surface area contributed by atoms with E-state index in [1.165, 1.54) is 23.5 Å². The first-order valence-electron chi connectivity index (χ1n) is 13.8. The molecule has 0 spiro atoms. The average molecular weight is 679 g/mol. The van der Waals surface area contributed by atoms with Gasteiger partial charge in [0.15, 0.2) is 16.3 Å². The number of non-ortho nitro benzene ring substituents is 1. The van der Waals surface area contributed by atoms with Crippen molar-refractivity contribution in [1.29, 1.82) is 0 Å². The lowest BCUT2D eigenvalue weighted by Crippen LogP contribution is -2.39. The van der Waals surface area contributed by atoms with E-state index >= 15 is 0 Å². The maximum atomic E-state index is 13.9. The number of aromatic nitrogens is 1. The smallest absolute Gasteiger partial charge is 0.338 e. The third kappa shape index (κ3) is 6.51. The van der Waals surface area contributed by atoms with Gasteiger partial charge in [-0.25, -0.2) is 9.79 Å². The van der Waals surface area contributed by atoms with Gasteiger partial charge in [-0.3, -0.25) is 19.5 Å². The lowest BCUT2D eigenvalue weighted by Gasteiger charge is -2.24. The lowest BCUT2D eigenvalue weighted by atomic mass is 9.96. The van der Waals surface area contributed by atoms with E-state index in [0.717, 1.165) is 15.6 Å². The lowest BCUT2D eigenvalue weighted by molar-refractivity contribution is -0.384. The molecule has 0 radical (unpaired) electrons. The summed E-state index contributed by atoms with van der Waals surface area (Å²) in [5.74, 6) is 0.472. The van der Waals surface area contributed by atoms with E-state index in [4.69, 9.17) is 14.2 Å². The Balaban J connectivity index is 1.51. The monoisotopic (exact) mass is 677 g/mol. The molecule has 0 N–H and O–H groups in total. The quantitative estimate of drug-likeness (QED) is 0.124. The molecule has 1 aliphatic rings. The first-order valence-corrected chi connectivity index (χ1v) is 15.4. The van der Waals surface area contributed by atoms with Gasteiger partial charge in [-0.2, -0.15) is 0 Å². The number of esters is 1. The van der Waals surface area contributed by atoms with Crippen molar-refractivity contribution in [2.45, 2.75) is 33.4 Å². The number of rotatable bonds is 10. The molecule has 226 valence electrons. The Morgan fingerprint density at radius 3 is 2.43 bits per heavy atom. The standard InChI is InChI=1S/C32H28BrN3O7S/c1-4-41-26-16-21(8-15-25(26)43-18-20-6-13-24(14-7-20)36(39)40)17-27-30(37)35-29(22-9-11-23(33)12-10-22)28(31(38)42-5-2)19(3)34-32(35)44-27/h6-17,29H,4-5,18H2,1-3H3/b27-17-/t29-/m1/s1. The number of ether oxygens (including phenoxy) is 3. The van der Waals surface area contributed by atoms with E-state index in [1.807, 2.05) is 37.3 Å². The number of thiazole rings is 1. The molecular weight excluding hydrogens is 650 g/mol. The van der Waals surface area contributed by atoms with E-state index in [9.17, 15) is 19.7 Å². The van der Waals surface area contributed by atoms with Gasteiger partial charge in [-0.15, -0.1) is 0 Å². The van der Waals surface area contributed by atoms with Crippen molar-refractivity contribution in [3.05, 3.63) is 129 Å². The minimum Gasteiger partial charge on any atom is -0.490 e. The third-order valence-electron chi connectivity index (χ3n) is 6.81. The molecule has 12 heteroatoms. The molecule has 10 nitrogen and oxygen atoms in total. The van der Waals surface area contributed by atoms with Gasteiger partial charge in [-0.1, -0.05) is 45.5 Å². The van der Waals surface area contributed by atoms with E-state index in [0.29, 0.717) is 44.3 Å². The molecule has 5 rings (SSSR count). The molecule has 44 heavy (non-hydrogen) atoms. The van der Waals surface area contributed by atoms with Crippen molar-refractivity contribution in [3.63, 3.8) is 0 Å². The van der Waals surface area contributed by atoms with E-state index in [-0.39, 0.29) is 24.5 Å². The molecule has 0 saturated carbocycles. The highest BCUT2D eigenvalue weighted by Crippen LogP contribution is 2.32. The van der Waals surface area contributed by atoms with Crippen LogP contribution in [-0.4, -0.2) is 28.7 Å². The number of halogens is 1. The Kier molecular flexibility index (Phi) is 9.40. The summed E-state index contributed by atoms with van der Waals surface area (Å²) in [6.45, 7) is 6.12. The number of fused-ring (bicyclic) bond motifs is 1. The number of nitro benzene ring substituents is 1. The van der Waals surface area contributed by atoms with Gasteiger partial charge in [0.25, 0.3) is 11.2 Å². The van der Waals surface area contributed by atoms with Crippen LogP contribution in [0.15, 0.2) is 92.3 Å². The van der Waals surface area contributed by atoms with Crippen LogP contribution in [0.4, 0.5) is 5.69 Å². The Hall–Kier alpha value is -4.55. The highest BCUT2D eigenvalue weighted by atomic mass is 79.9. The van der Waals surface area contributed by atoms with E-state index in [2.05, 4.69) is 20.9 Å². The zero-order valence-corrected chi connectivity index (χ0v) is 26.5. The third-order valence-corrected chi connectivity index (χ3v) is 8.32. The van der Waals surface area contributed by atoms with Gasteiger partial charge in [-0.05, 0) is 79.9 Å². The molecule has 0 saturated heterocycles. The van der Waals surface area contributed by atoms with E-state index in [1.54, 1.807) is 48.8 Å². The molecule has 3 aromatic carbocycles. The molecule has 1 aromatic heterocycles. The minimum atomic E-state index is -0.699. The molecule has 0 unspecified atom stereocenters. The maximum absolute atomic E-state index is 13.9. The van der Waals surface area contributed by atoms with Crippen LogP contribution in [0.3, 0.4) is 0 Å². The molecule has 2 heterocycles. The van der Waals surface area contributed by atoms with Crippen molar-refractivity contribution in [2.75, 3.05) is 13.2 Å².